The molecule has 0 atom stereocenters. The van der Waals surface area contributed by atoms with Gasteiger partial charge in [-0.15, -0.1) is 0 Å². The Morgan fingerprint density at radius 1 is 1.20 bits per heavy atom. The Morgan fingerprint density at radius 3 is 2.60 bits per heavy atom. The molecule has 0 amide bonds. The first-order chi connectivity index (χ1) is 12.0. The van der Waals surface area contributed by atoms with Crippen LogP contribution in [-0.2, 0) is 14.3 Å². The molecule has 2 aromatic rings. The van der Waals surface area contributed by atoms with Crippen LogP contribution < -0.4 is 5.11 Å². The van der Waals surface area contributed by atoms with E-state index in [2.05, 4.69) is 0 Å². The summed E-state index contributed by atoms with van der Waals surface area (Å²) in [6.45, 7) is -0.418. The Hall–Kier alpha value is -2.85. The molecule has 0 saturated heterocycles. The monoisotopic (exact) mass is 342 g/mol. The lowest BCUT2D eigenvalue weighted by Gasteiger charge is -2.28. The molecule has 130 valence electrons. The Morgan fingerprint density at radius 2 is 1.92 bits per heavy atom. The van der Waals surface area contributed by atoms with Gasteiger partial charge < -0.3 is 23.8 Å². The fourth-order valence-corrected chi connectivity index (χ4v) is 2.93. The average Bonchev–Trinajstić information content (AvgIpc) is 3.04. The largest absolute Gasteiger partial charge is 0.548 e. The highest BCUT2D eigenvalue weighted by molar-refractivity contribution is 5.93. The number of rotatable bonds is 5. The average molecular weight is 342 g/mol. The molecule has 1 aliphatic rings. The number of hydrogen-bond acceptors (Lipinski definition) is 7. The van der Waals surface area contributed by atoms with Crippen molar-refractivity contribution in [3.8, 4) is 6.07 Å². The normalized spacial score (nSPS) is 20.1. The second-order valence-electron chi connectivity index (χ2n) is 5.96. The highest BCUT2D eigenvalue weighted by Gasteiger charge is 2.26. The van der Waals surface area contributed by atoms with Crippen LogP contribution in [0.3, 0.4) is 0 Å². The van der Waals surface area contributed by atoms with Crippen LogP contribution in [0.4, 0.5) is 0 Å². The molecule has 7 nitrogen and oxygen atoms in total. The van der Waals surface area contributed by atoms with Gasteiger partial charge in [0, 0.05) is 5.39 Å². The van der Waals surface area contributed by atoms with E-state index >= 15 is 0 Å². The third-order valence-corrected chi connectivity index (χ3v) is 4.18. The minimum Gasteiger partial charge on any atom is -0.548 e. The van der Waals surface area contributed by atoms with E-state index in [1.165, 1.54) is 0 Å². The van der Waals surface area contributed by atoms with Gasteiger partial charge >= 0.3 is 5.97 Å². The lowest BCUT2D eigenvalue weighted by Crippen LogP contribution is -2.33. The lowest BCUT2D eigenvalue weighted by atomic mass is 9.95. The molecule has 1 fully saturated rings. The van der Waals surface area contributed by atoms with Crippen molar-refractivity contribution in [1.29, 1.82) is 5.26 Å². The van der Waals surface area contributed by atoms with Crippen LogP contribution in [0, 0.1) is 11.3 Å². The van der Waals surface area contributed by atoms with Crippen LogP contribution in [0.25, 0.3) is 11.0 Å². The van der Waals surface area contributed by atoms with Crippen LogP contribution in [0.15, 0.2) is 28.7 Å². The Balaban J connectivity index is 1.56. The molecule has 1 heterocycles. The van der Waals surface area contributed by atoms with E-state index in [4.69, 9.17) is 19.2 Å². The highest BCUT2D eigenvalue weighted by Crippen LogP contribution is 2.26. The zero-order valence-corrected chi connectivity index (χ0v) is 13.4. The summed E-state index contributed by atoms with van der Waals surface area (Å²) < 4.78 is 16.1. The summed E-state index contributed by atoms with van der Waals surface area (Å²) in [5, 5.41) is 20.0. The Labute approximate surface area is 143 Å². The third kappa shape index (κ3) is 4.17. The van der Waals surface area contributed by atoms with Gasteiger partial charge in [0.15, 0.2) is 0 Å². The molecule has 0 radical (unpaired) electrons. The molecule has 0 aliphatic heterocycles. The number of aliphatic carboxylic acids is 1. The molecule has 1 saturated carbocycles. The molecule has 7 heteroatoms. The number of fused-ring (bicyclic) bond motifs is 1. The standard InChI is InChI=1S/C18H17NO6/c19-9-11-1-6-15-12(7-11)8-16(25-15)18(22)24-14-4-2-13(3-5-14)23-10-17(20)21/h1,6-8,13-14H,2-5,10H2,(H,20,21)/p-1. The summed E-state index contributed by atoms with van der Waals surface area (Å²) >= 11 is 0. The number of hydrogen-bond donors (Lipinski definition) is 0. The van der Waals surface area contributed by atoms with Gasteiger partial charge in [-0.1, -0.05) is 0 Å². The zero-order valence-electron chi connectivity index (χ0n) is 13.4. The number of carbonyl (C=O) groups excluding carboxylic acids is 2. The maximum absolute atomic E-state index is 12.2. The topological polar surface area (TPSA) is 113 Å². The van der Waals surface area contributed by atoms with Crippen LogP contribution in [0.1, 0.15) is 41.8 Å². The number of furan rings is 1. The third-order valence-electron chi connectivity index (χ3n) is 4.18. The summed E-state index contributed by atoms with van der Waals surface area (Å²) in [4.78, 5) is 22.6. The van der Waals surface area contributed by atoms with Gasteiger partial charge in [-0.2, -0.15) is 5.26 Å². The van der Waals surface area contributed by atoms with E-state index in [-0.39, 0.29) is 18.0 Å². The SMILES string of the molecule is N#Cc1ccc2oc(C(=O)OC3CCC(OCC(=O)[O-])CC3)cc2c1. The number of ether oxygens (including phenoxy) is 2. The quantitative estimate of drug-likeness (QED) is 0.757. The molecule has 25 heavy (non-hydrogen) atoms. The van der Waals surface area contributed by atoms with Gasteiger partial charge in [0.25, 0.3) is 0 Å². The minimum atomic E-state index is -1.24. The minimum absolute atomic E-state index is 0.0976. The zero-order chi connectivity index (χ0) is 17.8. The molecule has 0 spiro atoms. The number of esters is 1. The van der Waals surface area contributed by atoms with E-state index in [1.807, 2.05) is 6.07 Å². The number of carbonyl (C=O) groups is 2. The smallest absolute Gasteiger partial charge is 0.374 e. The van der Waals surface area contributed by atoms with Crippen molar-refractivity contribution in [1.82, 2.24) is 0 Å². The van der Waals surface area contributed by atoms with Crippen molar-refractivity contribution < 1.29 is 28.6 Å². The summed E-state index contributed by atoms with van der Waals surface area (Å²) in [5.74, 6) is -1.69. The van der Waals surface area contributed by atoms with Gasteiger partial charge in [0.1, 0.15) is 11.7 Å². The number of benzene rings is 1. The predicted molar refractivity (Wildman–Crippen MR) is 83.3 cm³/mol. The first kappa shape index (κ1) is 17.0. The van der Waals surface area contributed by atoms with E-state index < -0.39 is 18.5 Å². The number of nitrogens with zero attached hydrogens (tertiary/aromatic N) is 1. The molecule has 0 unspecified atom stereocenters. The number of carboxylic acids is 1. The van der Waals surface area contributed by atoms with E-state index in [1.54, 1.807) is 24.3 Å². The molecule has 1 aliphatic carbocycles. The molecule has 1 aromatic carbocycles. The first-order valence-corrected chi connectivity index (χ1v) is 8.01. The van der Waals surface area contributed by atoms with Gasteiger partial charge in [0.05, 0.1) is 30.3 Å². The first-order valence-electron chi connectivity index (χ1n) is 8.01. The van der Waals surface area contributed by atoms with Crippen LogP contribution in [-0.4, -0.2) is 30.8 Å². The summed E-state index contributed by atoms with van der Waals surface area (Å²) in [6, 6.07) is 8.51. The summed E-state index contributed by atoms with van der Waals surface area (Å²) in [5.41, 5.74) is 1.01. The maximum Gasteiger partial charge on any atom is 0.374 e. The summed E-state index contributed by atoms with van der Waals surface area (Å²) in [7, 11) is 0. The number of nitriles is 1. The van der Waals surface area contributed by atoms with Crippen LogP contribution in [0.2, 0.25) is 0 Å². The van der Waals surface area contributed by atoms with E-state index in [0.29, 0.717) is 42.2 Å². The molecule has 0 N–H and O–H groups in total. The van der Waals surface area contributed by atoms with Crippen molar-refractivity contribution in [2.45, 2.75) is 37.9 Å². The van der Waals surface area contributed by atoms with Crippen molar-refractivity contribution in [3.63, 3.8) is 0 Å². The Bertz CT molecular complexity index is 826. The molecule has 1 aromatic heterocycles. The molecule has 3 rings (SSSR count). The van der Waals surface area contributed by atoms with Crippen molar-refractivity contribution >= 4 is 22.9 Å². The van der Waals surface area contributed by atoms with Gasteiger partial charge in [-0.05, 0) is 49.9 Å². The molecule has 0 bridgehead atoms. The molecular formula is C18H16NO6-. The Kier molecular flexibility index (Phi) is 5.00. The second kappa shape index (κ2) is 7.36. The van der Waals surface area contributed by atoms with Gasteiger partial charge in [-0.25, -0.2) is 4.79 Å². The second-order valence-corrected chi connectivity index (χ2v) is 5.96. The fourth-order valence-electron chi connectivity index (χ4n) is 2.93. The summed E-state index contributed by atoms with van der Waals surface area (Å²) in [6.07, 6.45) is 2.04. The van der Waals surface area contributed by atoms with Crippen molar-refractivity contribution in [2.24, 2.45) is 0 Å². The lowest BCUT2D eigenvalue weighted by molar-refractivity contribution is -0.310. The predicted octanol–water partition coefficient (Wildman–Crippen LogP) is 1.54. The van der Waals surface area contributed by atoms with Gasteiger partial charge in [0.2, 0.25) is 5.76 Å². The van der Waals surface area contributed by atoms with Crippen molar-refractivity contribution in [3.05, 3.63) is 35.6 Å². The van der Waals surface area contributed by atoms with Crippen LogP contribution >= 0.6 is 0 Å². The van der Waals surface area contributed by atoms with Crippen LogP contribution in [0.5, 0.6) is 0 Å². The van der Waals surface area contributed by atoms with Gasteiger partial charge in [-0.3, -0.25) is 0 Å². The van der Waals surface area contributed by atoms with E-state index in [0.717, 1.165) is 0 Å². The maximum atomic E-state index is 12.2. The molecular weight excluding hydrogens is 326 g/mol. The highest BCUT2D eigenvalue weighted by atomic mass is 16.6. The fraction of sp³-hybridized carbons (Fsp3) is 0.389. The number of carboxylic acid groups (broad SMARTS) is 1. The van der Waals surface area contributed by atoms with Crippen molar-refractivity contribution in [2.75, 3.05) is 6.61 Å². The van der Waals surface area contributed by atoms with E-state index in [9.17, 15) is 14.7 Å².